The molecule has 1 aromatic rings. The molecular weight excluding hydrogens is 274 g/mol. The van der Waals surface area contributed by atoms with Crippen LogP contribution >= 0.6 is 0 Å². The summed E-state index contributed by atoms with van der Waals surface area (Å²) in [6.07, 6.45) is 0.777. The predicted octanol–water partition coefficient (Wildman–Crippen LogP) is 0.524. The minimum Gasteiger partial charge on any atom is -0.508 e. The lowest BCUT2D eigenvalue weighted by Gasteiger charge is -2.06. The largest absolute Gasteiger partial charge is 0.508 e. The lowest BCUT2D eigenvalue weighted by Crippen LogP contribution is -2.23. The Bertz CT molecular complexity index is 689. The minimum atomic E-state index is -4.08. The summed E-state index contributed by atoms with van der Waals surface area (Å²) in [5.74, 6) is -1.34. The average molecular weight is 283 g/mol. The second-order valence-corrected chi connectivity index (χ2v) is 5.53. The van der Waals surface area contributed by atoms with Crippen molar-refractivity contribution in [2.75, 3.05) is 6.61 Å². The summed E-state index contributed by atoms with van der Waals surface area (Å²) in [6, 6.07) is 5.78. The number of aliphatic imine (C=N–C) groups is 1. The number of nitrogens with zero attached hydrogens (tertiary/aromatic N) is 1. The highest BCUT2D eigenvalue weighted by atomic mass is 32.2. The van der Waals surface area contributed by atoms with Crippen molar-refractivity contribution in [1.82, 2.24) is 0 Å². The van der Waals surface area contributed by atoms with E-state index in [9.17, 15) is 18.3 Å². The number of rotatable bonds is 4. The van der Waals surface area contributed by atoms with Gasteiger partial charge in [-0.15, -0.1) is 0 Å². The Morgan fingerprint density at radius 1 is 1.37 bits per heavy atom. The van der Waals surface area contributed by atoms with Gasteiger partial charge in [0.2, 0.25) is 9.84 Å². The van der Waals surface area contributed by atoms with E-state index in [1.165, 1.54) is 24.3 Å². The van der Waals surface area contributed by atoms with Gasteiger partial charge in [0.25, 0.3) is 0 Å². The van der Waals surface area contributed by atoms with Crippen LogP contribution in [0.2, 0.25) is 0 Å². The molecule has 8 heteroatoms. The van der Waals surface area contributed by atoms with Gasteiger partial charge in [-0.05, 0) is 12.1 Å². The molecule has 0 aromatic heterocycles. The number of hydrogen-bond acceptors (Lipinski definition) is 6. The van der Waals surface area contributed by atoms with E-state index in [0.717, 1.165) is 6.20 Å². The van der Waals surface area contributed by atoms with Crippen molar-refractivity contribution in [3.63, 3.8) is 0 Å². The fourth-order valence-corrected chi connectivity index (χ4v) is 2.48. The van der Waals surface area contributed by atoms with E-state index in [4.69, 9.17) is 9.84 Å². The van der Waals surface area contributed by atoms with Crippen LogP contribution in [0.4, 0.5) is 0 Å². The highest BCUT2D eigenvalue weighted by Gasteiger charge is 2.34. The van der Waals surface area contributed by atoms with E-state index < -0.39 is 27.3 Å². The first kappa shape index (κ1) is 13.1. The number of carboxylic acid groups (broad SMARTS) is 1. The van der Waals surface area contributed by atoms with Crippen LogP contribution in [0.25, 0.3) is 0 Å². The summed E-state index contributed by atoms with van der Waals surface area (Å²) in [5, 5.41) is 17.5. The summed E-state index contributed by atoms with van der Waals surface area (Å²) in [6.45, 7) is -0.404. The highest BCUT2D eigenvalue weighted by molar-refractivity contribution is 8.10. The molecule has 1 aliphatic rings. The number of ether oxygens (including phenoxy) is 1. The molecule has 1 aromatic carbocycles. The van der Waals surface area contributed by atoms with Crippen molar-refractivity contribution >= 4 is 20.9 Å². The molecular formula is C11H9NO6S. The number of aliphatic carboxylic acids is 1. The standard InChI is InChI=1S/C11H9NO6S/c13-7-2-1-3-8(4-7)18-6-10-12-5-9(11(14)15)19(10,16)17/h1-5,13H,6H2,(H,14,15). The van der Waals surface area contributed by atoms with Crippen molar-refractivity contribution < 1.29 is 28.2 Å². The molecule has 2 rings (SSSR count). The lowest BCUT2D eigenvalue weighted by atomic mass is 10.3. The van der Waals surface area contributed by atoms with Crippen molar-refractivity contribution in [3.8, 4) is 11.5 Å². The number of aromatic hydroxyl groups is 1. The molecule has 0 unspecified atom stereocenters. The second-order valence-electron chi connectivity index (χ2n) is 3.61. The van der Waals surface area contributed by atoms with Gasteiger partial charge in [-0.1, -0.05) is 6.07 Å². The van der Waals surface area contributed by atoms with Crippen molar-refractivity contribution in [1.29, 1.82) is 0 Å². The third-order valence-corrected chi connectivity index (χ3v) is 4.02. The number of hydrogen-bond donors (Lipinski definition) is 2. The molecule has 1 heterocycles. The lowest BCUT2D eigenvalue weighted by molar-refractivity contribution is -0.131. The number of phenolic OH excluding ortho intramolecular Hbond substituents is 1. The third-order valence-electron chi connectivity index (χ3n) is 2.32. The molecule has 0 spiro atoms. The van der Waals surface area contributed by atoms with Gasteiger partial charge in [-0.2, -0.15) is 0 Å². The van der Waals surface area contributed by atoms with E-state index in [1.54, 1.807) is 0 Å². The Morgan fingerprint density at radius 3 is 2.68 bits per heavy atom. The Labute approximate surface area is 108 Å². The molecule has 7 nitrogen and oxygen atoms in total. The molecule has 1 aliphatic heterocycles. The number of sulfone groups is 1. The molecule has 0 atom stereocenters. The summed E-state index contributed by atoms with van der Waals surface area (Å²) in [7, 11) is -4.08. The monoisotopic (exact) mass is 283 g/mol. The van der Waals surface area contributed by atoms with Crippen molar-refractivity contribution in [2.45, 2.75) is 0 Å². The van der Waals surface area contributed by atoms with Gasteiger partial charge in [-0.3, -0.25) is 0 Å². The van der Waals surface area contributed by atoms with Crippen molar-refractivity contribution in [3.05, 3.63) is 35.4 Å². The summed E-state index contributed by atoms with van der Waals surface area (Å²) >= 11 is 0. The van der Waals surface area contributed by atoms with Gasteiger partial charge in [0.1, 0.15) is 18.1 Å². The fraction of sp³-hybridized carbons (Fsp3) is 0.0909. The Balaban J connectivity index is 2.09. The van der Waals surface area contributed by atoms with Gasteiger partial charge < -0.3 is 14.9 Å². The molecule has 0 amide bonds. The molecule has 0 radical (unpaired) electrons. The normalized spacial score (nSPS) is 16.6. The van der Waals surface area contributed by atoms with Gasteiger partial charge in [0.05, 0.1) is 6.20 Å². The van der Waals surface area contributed by atoms with E-state index in [2.05, 4.69) is 4.99 Å². The van der Waals surface area contributed by atoms with E-state index in [-0.39, 0.29) is 16.5 Å². The summed E-state index contributed by atoms with van der Waals surface area (Å²) in [5.41, 5.74) is 0. The van der Waals surface area contributed by atoms with Crippen LogP contribution in [-0.4, -0.2) is 36.3 Å². The molecule has 0 aliphatic carbocycles. The molecule has 100 valence electrons. The van der Waals surface area contributed by atoms with Crippen molar-refractivity contribution in [2.24, 2.45) is 4.99 Å². The average Bonchev–Trinajstić information content (AvgIpc) is 2.62. The highest BCUT2D eigenvalue weighted by Crippen LogP contribution is 2.21. The zero-order valence-electron chi connectivity index (χ0n) is 9.48. The Kier molecular flexibility index (Phi) is 3.26. The van der Waals surface area contributed by atoms with Crippen LogP contribution < -0.4 is 4.74 Å². The zero-order valence-corrected chi connectivity index (χ0v) is 10.3. The van der Waals surface area contributed by atoms with Crippen LogP contribution in [-0.2, 0) is 14.6 Å². The summed E-state index contributed by atoms with van der Waals surface area (Å²) in [4.78, 5) is 13.4. The van der Waals surface area contributed by atoms with E-state index in [1.807, 2.05) is 0 Å². The number of benzene rings is 1. The quantitative estimate of drug-likeness (QED) is 0.833. The number of carbonyl (C=O) groups is 1. The molecule has 2 N–H and O–H groups in total. The van der Waals surface area contributed by atoms with Gasteiger partial charge >= 0.3 is 5.97 Å². The number of carboxylic acids is 1. The molecule has 19 heavy (non-hydrogen) atoms. The minimum absolute atomic E-state index is 0.0296. The maximum atomic E-state index is 11.7. The topological polar surface area (TPSA) is 113 Å². The van der Waals surface area contributed by atoms with Gasteiger partial charge in [0.15, 0.2) is 9.95 Å². The van der Waals surface area contributed by atoms with Crippen LogP contribution in [0, 0.1) is 0 Å². The first-order valence-corrected chi connectivity index (χ1v) is 6.56. The van der Waals surface area contributed by atoms with Crippen LogP contribution in [0.1, 0.15) is 0 Å². The van der Waals surface area contributed by atoms with Gasteiger partial charge in [0, 0.05) is 6.07 Å². The first-order valence-electron chi connectivity index (χ1n) is 5.08. The maximum absolute atomic E-state index is 11.7. The Morgan fingerprint density at radius 2 is 2.11 bits per heavy atom. The molecule has 0 fully saturated rings. The Hall–Kier alpha value is -2.35. The molecule has 0 saturated heterocycles. The maximum Gasteiger partial charge on any atom is 0.349 e. The van der Waals surface area contributed by atoms with Crippen LogP contribution in [0.15, 0.2) is 40.4 Å². The van der Waals surface area contributed by atoms with E-state index in [0.29, 0.717) is 0 Å². The van der Waals surface area contributed by atoms with Gasteiger partial charge in [-0.25, -0.2) is 18.2 Å². The SMILES string of the molecule is O=C(O)C1=CN=C(COc2cccc(O)c2)S1(=O)=O. The van der Waals surface area contributed by atoms with Crippen LogP contribution in [0.3, 0.4) is 0 Å². The molecule has 0 bridgehead atoms. The first-order chi connectivity index (χ1) is 8.91. The third kappa shape index (κ3) is 2.58. The zero-order chi connectivity index (χ0) is 14.0. The predicted molar refractivity (Wildman–Crippen MR) is 65.7 cm³/mol. The van der Waals surface area contributed by atoms with E-state index >= 15 is 0 Å². The summed E-state index contributed by atoms with van der Waals surface area (Å²) < 4.78 is 28.6. The molecule has 0 saturated carbocycles. The number of phenols is 1. The fourth-order valence-electron chi connectivity index (χ4n) is 1.40. The second kappa shape index (κ2) is 4.73. The van der Waals surface area contributed by atoms with Crippen LogP contribution in [0.5, 0.6) is 11.5 Å². The smallest absolute Gasteiger partial charge is 0.349 e.